The molecule has 1 heterocycles. The van der Waals surface area contributed by atoms with Gasteiger partial charge in [-0.3, -0.25) is 0 Å². The van der Waals surface area contributed by atoms with Gasteiger partial charge in [0.25, 0.3) is 0 Å². The maximum atomic E-state index is 12.1. The molecule has 0 spiro atoms. The van der Waals surface area contributed by atoms with Crippen LogP contribution in [-0.4, -0.2) is 15.7 Å². The predicted molar refractivity (Wildman–Crippen MR) is 60.4 cm³/mol. The van der Waals surface area contributed by atoms with Crippen LogP contribution in [0.3, 0.4) is 0 Å². The van der Waals surface area contributed by atoms with E-state index in [0.717, 1.165) is 30.0 Å². The van der Waals surface area contributed by atoms with E-state index in [1.54, 1.807) is 0 Å². The number of hydrogen-bond acceptors (Lipinski definition) is 2. The van der Waals surface area contributed by atoms with Gasteiger partial charge in [-0.2, -0.15) is 4.36 Å². The van der Waals surface area contributed by atoms with E-state index in [1.807, 2.05) is 31.2 Å². The van der Waals surface area contributed by atoms with Gasteiger partial charge in [0, 0.05) is 11.5 Å². The average molecular weight is 209 g/mol. The number of benzene rings is 1. The van der Waals surface area contributed by atoms with Gasteiger partial charge in [-0.25, -0.2) is 4.21 Å². The molecule has 0 N–H and O–H groups in total. The molecule has 0 bridgehead atoms. The van der Waals surface area contributed by atoms with E-state index in [1.165, 1.54) is 5.56 Å². The molecule has 0 radical (unpaired) electrons. The highest BCUT2D eigenvalue weighted by atomic mass is 32.2. The first-order valence-electron chi connectivity index (χ1n) is 4.97. The fraction of sp³-hybridized carbons (Fsp3) is 0.455. The lowest BCUT2D eigenvalue weighted by Gasteiger charge is -2.00. The Bertz CT molecular complexity index is 415. The molecular formula is C11H15NOS. The third-order valence-corrected chi connectivity index (χ3v) is 4.88. The molecule has 0 atom stereocenters. The summed E-state index contributed by atoms with van der Waals surface area (Å²) in [5.74, 6) is 1.56. The highest BCUT2D eigenvalue weighted by Gasteiger charge is 2.15. The van der Waals surface area contributed by atoms with Crippen molar-refractivity contribution in [1.82, 2.24) is 0 Å². The Balaban J connectivity index is 2.33. The summed E-state index contributed by atoms with van der Waals surface area (Å²) < 4.78 is 16.4. The monoisotopic (exact) mass is 209 g/mol. The summed E-state index contributed by atoms with van der Waals surface area (Å²) >= 11 is 0. The van der Waals surface area contributed by atoms with E-state index in [2.05, 4.69) is 4.36 Å². The molecule has 0 unspecified atom stereocenters. The van der Waals surface area contributed by atoms with Gasteiger partial charge < -0.3 is 0 Å². The molecule has 3 heteroatoms. The van der Waals surface area contributed by atoms with Crippen molar-refractivity contribution in [3.05, 3.63) is 29.8 Å². The SMILES string of the molecule is Cc1ccc(N=S2(=O)CCCC2)cc1. The van der Waals surface area contributed by atoms with Crippen molar-refractivity contribution < 1.29 is 4.21 Å². The Kier molecular flexibility index (Phi) is 2.59. The van der Waals surface area contributed by atoms with Crippen LogP contribution in [0.15, 0.2) is 28.6 Å². The second kappa shape index (κ2) is 3.73. The summed E-state index contributed by atoms with van der Waals surface area (Å²) in [6.45, 7) is 2.04. The minimum absolute atomic E-state index is 0.779. The molecule has 14 heavy (non-hydrogen) atoms. The normalized spacial score (nSPS) is 19.5. The van der Waals surface area contributed by atoms with Crippen molar-refractivity contribution in [3.63, 3.8) is 0 Å². The lowest BCUT2D eigenvalue weighted by Crippen LogP contribution is -1.99. The summed E-state index contributed by atoms with van der Waals surface area (Å²) in [4.78, 5) is 0. The van der Waals surface area contributed by atoms with Gasteiger partial charge in [-0.05, 0) is 31.9 Å². The van der Waals surface area contributed by atoms with Crippen molar-refractivity contribution in [3.8, 4) is 0 Å². The quantitative estimate of drug-likeness (QED) is 0.699. The first kappa shape index (κ1) is 9.71. The van der Waals surface area contributed by atoms with E-state index < -0.39 is 9.73 Å². The largest absolute Gasteiger partial charge is 0.249 e. The number of nitrogens with zero attached hydrogens (tertiary/aromatic N) is 1. The van der Waals surface area contributed by atoms with Crippen molar-refractivity contribution >= 4 is 15.4 Å². The molecule has 2 nitrogen and oxygen atoms in total. The molecule has 1 aromatic rings. The fourth-order valence-corrected chi connectivity index (χ4v) is 3.85. The van der Waals surface area contributed by atoms with E-state index in [0.29, 0.717) is 0 Å². The van der Waals surface area contributed by atoms with Gasteiger partial charge in [-0.15, -0.1) is 0 Å². The van der Waals surface area contributed by atoms with Crippen LogP contribution in [0.5, 0.6) is 0 Å². The zero-order valence-electron chi connectivity index (χ0n) is 8.40. The summed E-state index contributed by atoms with van der Waals surface area (Å²) in [6, 6.07) is 7.91. The summed E-state index contributed by atoms with van der Waals surface area (Å²) in [5.41, 5.74) is 2.08. The van der Waals surface area contributed by atoms with Gasteiger partial charge in [0.05, 0.1) is 15.4 Å². The molecule has 0 saturated carbocycles. The van der Waals surface area contributed by atoms with Crippen molar-refractivity contribution in [2.75, 3.05) is 11.5 Å². The summed E-state index contributed by atoms with van der Waals surface area (Å²) in [6.07, 6.45) is 2.13. The van der Waals surface area contributed by atoms with Gasteiger partial charge in [0.15, 0.2) is 0 Å². The number of rotatable bonds is 1. The third kappa shape index (κ3) is 2.15. The van der Waals surface area contributed by atoms with Crippen molar-refractivity contribution in [1.29, 1.82) is 0 Å². The van der Waals surface area contributed by atoms with E-state index >= 15 is 0 Å². The van der Waals surface area contributed by atoms with Crippen LogP contribution in [0.2, 0.25) is 0 Å². The molecule has 1 aliphatic heterocycles. The fourth-order valence-electron chi connectivity index (χ4n) is 1.65. The Morgan fingerprint density at radius 3 is 2.29 bits per heavy atom. The smallest absolute Gasteiger partial charge is 0.0730 e. The molecule has 1 aliphatic rings. The molecule has 0 aromatic heterocycles. The van der Waals surface area contributed by atoms with Crippen LogP contribution < -0.4 is 0 Å². The van der Waals surface area contributed by atoms with E-state index in [9.17, 15) is 4.21 Å². The second-order valence-electron chi connectivity index (χ2n) is 3.81. The lowest BCUT2D eigenvalue weighted by atomic mass is 10.2. The maximum Gasteiger partial charge on any atom is 0.0730 e. The minimum Gasteiger partial charge on any atom is -0.249 e. The lowest BCUT2D eigenvalue weighted by molar-refractivity contribution is 0.681. The summed E-state index contributed by atoms with van der Waals surface area (Å²) in [5, 5.41) is 0. The van der Waals surface area contributed by atoms with Crippen LogP contribution in [-0.2, 0) is 9.73 Å². The van der Waals surface area contributed by atoms with Crippen molar-refractivity contribution in [2.24, 2.45) is 4.36 Å². The standard InChI is InChI=1S/C11H15NOS/c1-10-4-6-11(7-5-10)12-14(13)8-2-3-9-14/h4-7H,2-3,8-9H2,1H3. The Labute approximate surface area is 85.5 Å². The van der Waals surface area contributed by atoms with Crippen LogP contribution in [0.1, 0.15) is 18.4 Å². The zero-order valence-corrected chi connectivity index (χ0v) is 9.22. The van der Waals surface area contributed by atoms with Crippen LogP contribution in [0.4, 0.5) is 5.69 Å². The Hall–Kier alpha value is -0.830. The molecule has 0 aliphatic carbocycles. The predicted octanol–water partition coefficient (Wildman–Crippen LogP) is 2.89. The molecule has 0 amide bonds. The van der Waals surface area contributed by atoms with Gasteiger partial charge in [0.1, 0.15) is 0 Å². The molecule has 1 fully saturated rings. The third-order valence-electron chi connectivity index (χ3n) is 2.48. The summed E-state index contributed by atoms with van der Waals surface area (Å²) in [7, 11) is -1.89. The highest BCUT2D eigenvalue weighted by Crippen LogP contribution is 2.20. The number of aryl methyl sites for hydroxylation is 1. The second-order valence-corrected chi connectivity index (χ2v) is 6.36. The maximum absolute atomic E-state index is 12.1. The first-order chi connectivity index (χ1) is 6.68. The van der Waals surface area contributed by atoms with Gasteiger partial charge in [-0.1, -0.05) is 17.7 Å². The van der Waals surface area contributed by atoms with E-state index in [-0.39, 0.29) is 0 Å². The Morgan fingerprint density at radius 2 is 1.71 bits per heavy atom. The van der Waals surface area contributed by atoms with Crippen molar-refractivity contribution in [2.45, 2.75) is 19.8 Å². The molecular weight excluding hydrogens is 194 g/mol. The topological polar surface area (TPSA) is 29.4 Å². The first-order valence-corrected chi connectivity index (χ1v) is 6.82. The van der Waals surface area contributed by atoms with Crippen LogP contribution in [0.25, 0.3) is 0 Å². The molecule has 2 rings (SSSR count). The molecule has 1 aromatic carbocycles. The zero-order chi connectivity index (χ0) is 10.0. The van der Waals surface area contributed by atoms with E-state index in [4.69, 9.17) is 0 Å². The molecule has 76 valence electrons. The number of hydrogen-bond donors (Lipinski definition) is 0. The molecule has 1 saturated heterocycles. The van der Waals surface area contributed by atoms with Gasteiger partial charge in [0.2, 0.25) is 0 Å². The average Bonchev–Trinajstić information content (AvgIpc) is 2.57. The van der Waals surface area contributed by atoms with Crippen LogP contribution >= 0.6 is 0 Å². The van der Waals surface area contributed by atoms with Gasteiger partial charge >= 0.3 is 0 Å². The Morgan fingerprint density at radius 1 is 1.14 bits per heavy atom. The minimum atomic E-state index is -1.89. The van der Waals surface area contributed by atoms with Crippen LogP contribution in [0, 0.1) is 6.92 Å². The highest BCUT2D eigenvalue weighted by molar-refractivity contribution is 7.93.